The van der Waals surface area contributed by atoms with Crippen LogP contribution >= 0.6 is 0 Å². The average Bonchev–Trinajstić information content (AvgIpc) is 2.97. The number of hydrogen-bond donors (Lipinski definition) is 0. The van der Waals surface area contributed by atoms with Crippen LogP contribution in [0.1, 0.15) is 24.2 Å². The Morgan fingerprint density at radius 2 is 2.36 bits per heavy atom. The molecule has 1 aromatic rings. The molecule has 1 heterocycles. The molecule has 2 nitrogen and oxygen atoms in total. The van der Waals surface area contributed by atoms with Gasteiger partial charge in [-0.1, -0.05) is 29.8 Å². The van der Waals surface area contributed by atoms with Gasteiger partial charge in [0, 0.05) is 0 Å². The van der Waals surface area contributed by atoms with Gasteiger partial charge in [-0.25, -0.2) is 0 Å². The second-order valence-electron chi connectivity index (χ2n) is 3.85. The van der Waals surface area contributed by atoms with Gasteiger partial charge >= 0.3 is 0 Å². The molecule has 14 heavy (non-hydrogen) atoms. The minimum Gasteiger partial charge on any atom is -0.371 e. The zero-order chi connectivity index (χ0) is 9.97. The Morgan fingerprint density at radius 3 is 3.00 bits per heavy atom. The van der Waals surface area contributed by atoms with E-state index in [4.69, 9.17) is 9.47 Å². The lowest BCUT2D eigenvalue weighted by atomic mass is 10.1. The van der Waals surface area contributed by atoms with Crippen molar-refractivity contribution >= 4 is 0 Å². The minimum atomic E-state index is 0.166. The zero-order valence-corrected chi connectivity index (χ0v) is 8.69. The van der Waals surface area contributed by atoms with Gasteiger partial charge in [-0.15, -0.1) is 0 Å². The first-order valence-corrected chi connectivity index (χ1v) is 5.05. The summed E-state index contributed by atoms with van der Waals surface area (Å²) in [6.07, 6.45) is 0.515. The summed E-state index contributed by atoms with van der Waals surface area (Å²) in [5.74, 6) is 0. The number of ether oxygens (including phenoxy) is 2. The molecule has 1 aromatic carbocycles. The second kappa shape index (κ2) is 4.11. The molecule has 76 valence electrons. The quantitative estimate of drug-likeness (QED) is 0.683. The second-order valence-corrected chi connectivity index (χ2v) is 3.85. The number of rotatable bonds is 4. The molecule has 0 radical (unpaired) electrons. The van der Waals surface area contributed by atoms with Crippen LogP contribution in [-0.2, 0) is 9.47 Å². The molecule has 2 heteroatoms. The maximum atomic E-state index is 5.68. The Bertz CT molecular complexity index is 305. The SMILES string of the molecule is Cc1cccc([C@@H](C)OC[C@@H]2CO2)c1. The zero-order valence-electron chi connectivity index (χ0n) is 8.69. The molecular formula is C12H16O2. The van der Waals surface area contributed by atoms with Gasteiger partial charge < -0.3 is 9.47 Å². The summed E-state index contributed by atoms with van der Waals surface area (Å²) in [7, 11) is 0. The smallest absolute Gasteiger partial charge is 0.104 e. The van der Waals surface area contributed by atoms with E-state index >= 15 is 0 Å². The van der Waals surface area contributed by atoms with Crippen LogP contribution in [0.4, 0.5) is 0 Å². The topological polar surface area (TPSA) is 21.8 Å². The van der Waals surface area contributed by atoms with Gasteiger partial charge in [-0.2, -0.15) is 0 Å². The fraction of sp³-hybridized carbons (Fsp3) is 0.500. The van der Waals surface area contributed by atoms with E-state index in [1.165, 1.54) is 11.1 Å². The Balaban J connectivity index is 1.91. The van der Waals surface area contributed by atoms with Gasteiger partial charge in [-0.3, -0.25) is 0 Å². The monoisotopic (exact) mass is 192 g/mol. The molecule has 0 spiro atoms. The van der Waals surface area contributed by atoms with E-state index in [2.05, 4.69) is 38.1 Å². The summed E-state index contributed by atoms with van der Waals surface area (Å²) in [4.78, 5) is 0. The van der Waals surface area contributed by atoms with Crippen LogP contribution in [0.5, 0.6) is 0 Å². The van der Waals surface area contributed by atoms with Gasteiger partial charge in [0.2, 0.25) is 0 Å². The van der Waals surface area contributed by atoms with Crippen LogP contribution in [0.3, 0.4) is 0 Å². The van der Waals surface area contributed by atoms with Crippen molar-refractivity contribution in [1.29, 1.82) is 0 Å². The molecule has 0 N–H and O–H groups in total. The fourth-order valence-electron chi connectivity index (χ4n) is 1.44. The molecule has 1 fully saturated rings. The number of benzene rings is 1. The maximum absolute atomic E-state index is 5.68. The van der Waals surface area contributed by atoms with Crippen molar-refractivity contribution in [3.05, 3.63) is 35.4 Å². The third kappa shape index (κ3) is 2.56. The van der Waals surface area contributed by atoms with Gasteiger partial charge in [0.05, 0.1) is 19.3 Å². The van der Waals surface area contributed by atoms with Crippen molar-refractivity contribution in [3.8, 4) is 0 Å². The first kappa shape index (κ1) is 9.69. The number of epoxide rings is 1. The van der Waals surface area contributed by atoms with Crippen LogP contribution in [0.15, 0.2) is 24.3 Å². The normalized spacial score (nSPS) is 22.0. The molecular weight excluding hydrogens is 176 g/mol. The maximum Gasteiger partial charge on any atom is 0.104 e. The van der Waals surface area contributed by atoms with Gasteiger partial charge in [-0.05, 0) is 19.4 Å². The highest BCUT2D eigenvalue weighted by Crippen LogP contribution is 2.20. The highest BCUT2D eigenvalue weighted by molar-refractivity contribution is 5.23. The molecule has 2 rings (SSSR count). The van der Waals surface area contributed by atoms with E-state index in [9.17, 15) is 0 Å². The van der Waals surface area contributed by atoms with Crippen LogP contribution < -0.4 is 0 Å². The first-order chi connectivity index (χ1) is 6.75. The van der Waals surface area contributed by atoms with E-state index in [0.29, 0.717) is 6.10 Å². The van der Waals surface area contributed by atoms with Crippen molar-refractivity contribution in [1.82, 2.24) is 0 Å². The van der Waals surface area contributed by atoms with Crippen LogP contribution in [0.2, 0.25) is 0 Å². The molecule has 2 atom stereocenters. The molecule has 0 aliphatic carbocycles. The highest BCUT2D eigenvalue weighted by Gasteiger charge is 2.23. The molecule has 0 amide bonds. The van der Waals surface area contributed by atoms with Crippen molar-refractivity contribution in [3.63, 3.8) is 0 Å². The van der Waals surface area contributed by atoms with Crippen LogP contribution in [0.25, 0.3) is 0 Å². The summed E-state index contributed by atoms with van der Waals surface area (Å²) in [5.41, 5.74) is 2.52. The molecule has 1 saturated heterocycles. The van der Waals surface area contributed by atoms with E-state index < -0.39 is 0 Å². The highest BCUT2D eigenvalue weighted by atomic mass is 16.6. The predicted molar refractivity (Wildman–Crippen MR) is 55.3 cm³/mol. The third-order valence-electron chi connectivity index (χ3n) is 2.45. The third-order valence-corrected chi connectivity index (χ3v) is 2.45. The molecule has 1 aliphatic heterocycles. The largest absolute Gasteiger partial charge is 0.371 e. The van der Waals surface area contributed by atoms with E-state index in [0.717, 1.165) is 13.2 Å². The Morgan fingerprint density at radius 1 is 1.57 bits per heavy atom. The lowest BCUT2D eigenvalue weighted by Crippen LogP contribution is -2.06. The van der Waals surface area contributed by atoms with E-state index in [1.54, 1.807) is 0 Å². The minimum absolute atomic E-state index is 0.166. The van der Waals surface area contributed by atoms with E-state index in [-0.39, 0.29) is 6.10 Å². The number of aryl methyl sites for hydroxylation is 1. The molecule has 0 bridgehead atoms. The Kier molecular flexibility index (Phi) is 2.85. The van der Waals surface area contributed by atoms with Crippen molar-refractivity contribution in [2.24, 2.45) is 0 Å². The fourth-order valence-corrected chi connectivity index (χ4v) is 1.44. The van der Waals surface area contributed by atoms with Crippen LogP contribution in [-0.4, -0.2) is 19.3 Å². The van der Waals surface area contributed by atoms with Gasteiger partial charge in [0.25, 0.3) is 0 Å². The van der Waals surface area contributed by atoms with Gasteiger partial charge in [0.15, 0.2) is 0 Å². The van der Waals surface area contributed by atoms with Crippen molar-refractivity contribution < 1.29 is 9.47 Å². The van der Waals surface area contributed by atoms with Crippen molar-refractivity contribution in [2.75, 3.05) is 13.2 Å². The lowest BCUT2D eigenvalue weighted by Gasteiger charge is -2.12. The summed E-state index contributed by atoms with van der Waals surface area (Å²) >= 11 is 0. The van der Waals surface area contributed by atoms with E-state index in [1.807, 2.05) is 0 Å². The summed E-state index contributed by atoms with van der Waals surface area (Å²) in [5, 5.41) is 0. The van der Waals surface area contributed by atoms with Gasteiger partial charge in [0.1, 0.15) is 6.10 Å². The molecule has 0 unspecified atom stereocenters. The lowest BCUT2D eigenvalue weighted by molar-refractivity contribution is 0.0539. The predicted octanol–water partition coefficient (Wildman–Crippen LogP) is 2.47. The summed E-state index contributed by atoms with van der Waals surface area (Å²) in [6.45, 7) is 5.76. The first-order valence-electron chi connectivity index (χ1n) is 5.05. The molecule has 0 saturated carbocycles. The summed E-state index contributed by atoms with van der Waals surface area (Å²) < 4.78 is 10.8. The summed E-state index contributed by atoms with van der Waals surface area (Å²) in [6, 6.07) is 8.43. The van der Waals surface area contributed by atoms with Crippen LogP contribution in [0, 0.1) is 6.92 Å². The number of hydrogen-bond acceptors (Lipinski definition) is 2. The standard InChI is InChI=1S/C12H16O2/c1-9-4-3-5-11(6-9)10(2)13-7-12-8-14-12/h3-6,10,12H,7-8H2,1-2H3/t10-,12-/m1/s1. The van der Waals surface area contributed by atoms with Crippen molar-refractivity contribution in [2.45, 2.75) is 26.1 Å². The Labute approximate surface area is 84.8 Å². The molecule has 0 aromatic heterocycles. The molecule has 1 aliphatic rings. The Hall–Kier alpha value is -0.860. The average molecular weight is 192 g/mol.